The third-order valence-electron chi connectivity index (χ3n) is 3.35. The average molecular weight is 283 g/mol. The number of pyridine rings is 1. The number of nitrogens with two attached hydrogens (primary N) is 1. The number of hydrogen-bond acceptors (Lipinski definition) is 6. The summed E-state index contributed by atoms with van der Waals surface area (Å²) in [5.41, 5.74) is 8.63. The van der Waals surface area contributed by atoms with Crippen molar-refractivity contribution < 1.29 is 9.47 Å². The van der Waals surface area contributed by atoms with Crippen LogP contribution < -0.4 is 10.5 Å². The van der Waals surface area contributed by atoms with Gasteiger partial charge in [0.2, 0.25) is 11.8 Å². The smallest absolute Gasteiger partial charge is 0.244 e. The SMILES string of the molecule is COCc1[nH]nc2c1C(c1ccncc1)C(C#N)=C(N)O2. The molecular weight excluding hydrogens is 270 g/mol. The summed E-state index contributed by atoms with van der Waals surface area (Å²) in [7, 11) is 1.59. The van der Waals surface area contributed by atoms with Gasteiger partial charge >= 0.3 is 0 Å². The van der Waals surface area contributed by atoms with Crippen molar-refractivity contribution in [3.05, 3.63) is 52.8 Å². The molecule has 3 rings (SSSR count). The normalized spacial score (nSPS) is 17.0. The maximum Gasteiger partial charge on any atom is 0.244 e. The third-order valence-corrected chi connectivity index (χ3v) is 3.35. The molecular formula is C14H13N5O2. The lowest BCUT2D eigenvalue weighted by Gasteiger charge is -2.23. The number of nitrogens with one attached hydrogen (secondary N) is 1. The molecule has 1 aliphatic rings. The van der Waals surface area contributed by atoms with Gasteiger partial charge in [0.25, 0.3) is 0 Å². The number of rotatable bonds is 3. The molecule has 1 aliphatic heterocycles. The Bertz CT molecular complexity index is 730. The molecule has 0 radical (unpaired) electrons. The van der Waals surface area contributed by atoms with Gasteiger partial charge in [0.15, 0.2) is 0 Å². The molecule has 1 atom stereocenters. The van der Waals surface area contributed by atoms with Crippen molar-refractivity contribution in [1.82, 2.24) is 15.2 Å². The molecule has 0 aliphatic carbocycles. The van der Waals surface area contributed by atoms with Gasteiger partial charge in [-0.3, -0.25) is 10.1 Å². The average Bonchev–Trinajstić information content (AvgIpc) is 2.89. The van der Waals surface area contributed by atoms with E-state index in [-0.39, 0.29) is 11.8 Å². The van der Waals surface area contributed by atoms with Crippen LogP contribution in [0.5, 0.6) is 5.88 Å². The molecule has 0 saturated carbocycles. The van der Waals surface area contributed by atoms with Gasteiger partial charge < -0.3 is 15.2 Å². The minimum atomic E-state index is -0.342. The molecule has 0 amide bonds. The summed E-state index contributed by atoms with van der Waals surface area (Å²) in [6.45, 7) is 0.339. The van der Waals surface area contributed by atoms with Gasteiger partial charge in [0.05, 0.1) is 23.8 Å². The second kappa shape index (κ2) is 5.26. The molecule has 7 heteroatoms. The second-order valence-corrected chi connectivity index (χ2v) is 4.56. The van der Waals surface area contributed by atoms with Crippen molar-refractivity contribution in [2.75, 3.05) is 7.11 Å². The maximum absolute atomic E-state index is 9.43. The van der Waals surface area contributed by atoms with E-state index in [1.165, 1.54) is 0 Å². The number of fused-ring (bicyclic) bond motifs is 1. The summed E-state index contributed by atoms with van der Waals surface area (Å²) in [6.07, 6.45) is 3.34. The topological polar surface area (TPSA) is 110 Å². The van der Waals surface area contributed by atoms with E-state index in [0.717, 1.165) is 16.8 Å². The van der Waals surface area contributed by atoms with Gasteiger partial charge in [-0.2, -0.15) is 5.26 Å². The van der Waals surface area contributed by atoms with Crippen molar-refractivity contribution in [3.8, 4) is 11.9 Å². The van der Waals surface area contributed by atoms with Crippen LogP contribution in [0.2, 0.25) is 0 Å². The molecule has 2 aromatic rings. The highest BCUT2D eigenvalue weighted by atomic mass is 16.5. The number of ether oxygens (including phenoxy) is 2. The van der Waals surface area contributed by atoms with Crippen molar-refractivity contribution in [2.24, 2.45) is 5.73 Å². The Hall–Kier alpha value is -2.85. The highest BCUT2D eigenvalue weighted by Crippen LogP contribution is 2.42. The summed E-state index contributed by atoms with van der Waals surface area (Å²) in [5.74, 6) is 0.105. The van der Waals surface area contributed by atoms with Crippen molar-refractivity contribution >= 4 is 0 Å². The maximum atomic E-state index is 9.43. The zero-order chi connectivity index (χ0) is 14.8. The van der Waals surface area contributed by atoms with E-state index < -0.39 is 0 Å². The lowest BCUT2D eigenvalue weighted by Crippen LogP contribution is -2.21. The molecule has 0 aromatic carbocycles. The highest BCUT2D eigenvalue weighted by Gasteiger charge is 2.34. The van der Waals surface area contributed by atoms with Crippen LogP contribution in [0.3, 0.4) is 0 Å². The zero-order valence-corrected chi connectivity index (χ0v) is 11.3. The van der Waals surface area contributed by atoms with Gasteiger partial charge in [-0.15, -0.1) is 5.10 Å². The number of nitriles is 1. The predicted octanol–water partition coefficient (Wildman–Crippen LogP) is 1.17. The lowest BCUT2D eigenvalue weighted by molar-refractivity contribution is 0.180. The van der Waals surface area contributed by atoms with E-state index in [2.05, 4.69) is 21.3 Å². The molecule has 0 bridgehead atoms. The molecule has 0 spiro atoms. The number of methoxy groups -OCH3 is 1. The van der Waals surface area contributed by atoms with E-state index in [1.807, 2.05) is 12.1 Å². The van der Waals surface area contributed by atoms with Gasteiger partial charge in [-0.05, 0) is 17.7 Å². The van der Waals surface area contributed by atoms with Gasteiger partial charge in [0, 0.05) is 19.5 Å². The fourth-order valence-corrected chi connectivity index (χ4v) is 2.45. The fourth-order valence-electron chi connectivity index (χ4n) is 2.45. The van der Waals surface area contributed by atoms with Crippen LogP contribution in [0.25, 0.3) is 0 Å². The summed E-state index contributed by atoms with van der Waals surface area (Å²) in [4.78, 5) is 4.00. The molecule has 0 saturated heterocycles. The minimum absolute atomic E-state index is 0.0716. The first-order valence-corrected chi connectivity index (χ1v) is 6.29. The van der Waals surface area contributed by atoms with Crippen LogP contribution in [-0.2, 0) is 11.3 Å². The van der Waals surface area contributed by atoms with Gasteiger partial charge in [-0.1, -0.05) is 0 Å². The van der Waals surface area contributed by atoms with Gasteiger partial charge in [0.1, 0.15) is 11.6 Å². The summed E-state index contributed by atoms with van der Waals surface area (Å²) >= 11 is 0. The van der Waals surface area contributed by atoms with E-state index in [4.69, 9.17) is 15.2 Å². The molecule has 2 aromatic heterocycles. The monoisotopic (exact) mass is 283 g/mol. The van der Waals surface area contributed by atoms with Crippen molar-refractivity contribution in [3.63, 3.8) is 0 Å². The van der Waals surface area contributed by atoms with E-state index in [1.54, 1.807) is 19.5 Å². The van der Waals surface area contributed by atoms with Crippen LogP contribution in [0, 0.1) is 11.3 Å². The van der Waals surface area contributed by atoms with E-state index in [0.29, 0.717) is 18.1 Å². The Balaban J connectivity index is 2.20. The first kappa shape index (κ1) is 13.1. The van der Waals surface area contributed by atoms with Crippen LogP contribution in [0.1, 0.15) is 22.7 Å². The quantitative estimate of drug-likeness (QED) is 0.875. The van der Waals surface area contributed by atoms with E-state index >= 15 is 0 Å². The third kappa shape index (κ3) is 2.11. The molecule has 7 nitrogen and oxygen atoms in total. The fraction of sp³-hybridized carbons (Fsp3) is 0.214. The molecule has 1 unspecified atom stereocenters. The van der Waals surface area contributed by atoms with Crippen LogP contribution in [-0.4, -0.2) is 22.3 Å². The molecule has 0 fully saturated rings. The number of hydrogen-bond donors (Lipinski definition) is 2. The van der Waals surface area contributed by atoms with Crippen molar-refractivity contribution in [1.29, 1.82) is 5.26 Å². The van der Waals surface area contributed by atoms with E-state index in [9.17, 15) is 5.26 Å². The summed E-state index contributed by atoms with van der Waals surface area (Å²) in [6, 6.07) is 5.81. The van der Waals surface area contributed by atoms with Gasteiger partial charge in [-0.25, -0.2) is 0 Å². The zero-order valence-electron chi connectivity index (χ0n) is 11.3. The molecule has 3 N–H and O–H groups in total. The predicted molar refractivity (Wildman–Crippen MR) is 72.8 cm³/mol. The first-order valence-electron chi connectivity index (χ1n) is 6.29. The Morgan fingerprint density at radius 3 is 2.90 bits per heavy atom. The number of H-pyrrole nitrogens is 1. The van der Waals surface area contributed by atoms with Crippen molar-refractivity contribution in [2.45, 2.75) is 12.5 Å². The number of aromatic amines is 1. The first-order chi connectivity index (χ1) is 10.3. The number of nitrogens with zero attached hydrogens (tertiary/aromatic N) is 3. The molecule has 3 heterocycles. The Kier molecular flexibility index (Phi) is 3.30. The number of aromatic nitrogens is 3. The summed E-state index contributed by atoms with van der Waals surface area (Å²) < 4.78 is 10.6. The standard InChI is InChI=1S/C14H13N5O2/c1-20-7-10-12-11(8-2-4-17-5-3-8)9(6-15)13(16)21-14(12)19-18-10/h2-5,11H,7,16H2,1H3,(H,18,19). The largest absolute Gasteiger partial charge is 0.420 e. The Labute approximate surface area is 121 Å². The number of allylic oxidation sites excluding steroid dienone is 1. The second-order valence-electron chi connectivity index (χ2n) is 4.56. The summed E-state index contributed by atoms with van der Waals surface area (Å²) in [5, 5.41) is 16.4. The molecule has 21 heavy (non-hydrogen) atoms. The Morgan fingerprint density at radius 2 is 2.24 bits per heavy atom. The Morgan fingerprint density at radius 1 is 1.48 bits per heavy atom. The van der Waals surface area contributed by atoms with Crippen LogP contribution in [0.15, 0.2) is 36.0 Å². The van der Waals surface area contributed by atoms with Crippen LogP contribution >= 0.6 is 0 Å². The van der Waals surface area contributed by atoms with Crippen LogP contribution in [0.4, 0.5) is 0 Å². The minimum Gasteiger partial charge on any atom is -0.420 e. The highest BCUT2D eigenvalue weighted by molar-refractivity contribution is 5.54. The lowest BCUT2D eigenvalue weighted by atomic mass is 9.84. The molecule has 106 valence electrons.